The van der Waals surface area contributed by atoms with E-state index in [1.54, 1.807) is 0 Å². The lowest BCUT2D eigenvalue weighted by Gasteiger charge is -2.24. The van der Waals surface area contributed by atoms with E-state index in [2.05, 4.69) is 5.32 Å². The maximum atomic E-state index is 12.1. The summed E-state index contributed by atoms with van der Waals surface area (Å²) in [7, 11) is 0. The number of nitrogens with one attached hydrogen (secondary N) is 1. The zero-order valence-electron chi connectivity index (χ0n) is 12.2. The molecular weight excluding hydrogens is 266 g/mol. The number of carbonyl (C=O) groups excluding carboxylic acids is 1. The van der Waals surface area contributed by atoms with Gasteiger partial charge in [-0.05, 0) is 37.7 Å². The first-order valence-corrected chi connectivity index (χ1v) is 7.86. The van der Waals surface area contributed by atoms with Crippen molar-refractivity contribution >= 4 is 5.91 Å². The Morgan fingerprint density at radius 1 is 1.19 bits per heavy atom. The van der Waals surface area contributed by atoms with Gasteiger partial charge in [0, 0.05) is 5.92 Å². The molecule has 114 valence electrons. The number of hydrogen-bond acceptors (Lipinski definition) is 3. The van der Waals surface area contributed by atoms with Crippen molar-refractivity contribution in [3.63, 3.8) is 0 Å². The lowest BCUT2D eigenvalue weighted by molar-refractivity contribution is -0.127. The minimum Gasteiger partial charge on any atom is -0.393 e. The summed E-state index contributed by atoms with van der Waals surface area (Å²) in [4.78, 5) is 12.1. The van der Waals surface area contributed by atoms with Crippen molar-refractivity contribution in [1.29, 1.82) is 0 Å². The van der Waals surface area contributed by atoms with Crippen LogP contribution in [0.2, 0.25) is 0 Å². The van der Waals surface area contributed by atoms with Gasteiger partial charge in [0.25, 0.3) is 0 Å². The zero-order chi connectivity index (χ0) is 14.7. The first-order chi connectivity index (χ1) is 10.2. The molecule has 2 N–H and O–H groups in total. The zero-order valence-corrected chi connectivity index (χ0v) is 12.2. The molecule has 2 aliphatic carbocycles. The minimum absolute atomic E-state index is 0.0729. The summed E-state index contributed by atoms with van der Waals surface area (Å²) in [5.41, 5.74) is 1.16. The van der Waals surface area contributed by atoms with Crippen molar-refractivity contribution in [3.8, 4) is 0 Å². The standard InChI is InChI=1S/C17H23NO3/c19-14-8-6-13(7-9-14)17(20)18-15-10-16(15)21-11-12-4-2-1-3-5-12/h1-5,13-16,19H,6-11H2,(H,18,20). The predicted molar refractivity (Wildman–Crippen MR) is 79.5 cm³/mol. The fourth-order valence-electron chi connectivity index (χ4n) is 2.92. The van der Waals surface area contributed by atoms with Crippen LogP contribution in [0.5, 0.6) is 0 Å². The molecule has 4 heteroatoms. The molecule has 0 aliphatic heterocycles. The van der Waals surface area contributed by atoms with Gasteiger partial charge in [0.1, 0.15) is 0 Å². The Labute approximate surface area is 125 Å². The van der Waals surface area contributed by atoms with E-state index in [0.717, 1.165) is 37.7 Å². The number of rotatable bonds is 5. The van der Waals surface area contributed by atoms with Crippen LogP contribution in [-0.2, 0) is 16.1 Å². The molecule has 0 heterocycles. The van der Waals surface area contributed by atoms with E-state index >= 15 is 0 Å². The predicted octanol–water partition coefficient (Wildman–Crippen LogP) is 2.01. The van der Waals surface area contributed by atoms with Crippen LogP contribution in [0.4, 0.5) is 0 Å². The fraction of sp³-hybridized carbons (Fsp3) is 0.588. The quantitative estimate of drug-likeness (QED) is 0.872. The smallest absolute Gasteiger partial charge is 0.223 e. The van der Waals surface area contributed by atoms with Gasteiger partial charge in [0.15, 0.2) is 0 Å². The number of hydrogen-bond donors (Lipinski definition) is 2. The average molecular weight is 289 g/mol. The van der Waals surface area contributed by atoms with Crippen LogP contribution in [0.1, 0.15) is 37.7 Å². The normalized spacial score (nSPS) is 31.7. The highest BCUT2D eigenvalue weighted by Crippen LogP contribution is 2.29. The Balaban J connectivity index is 1.37. The van der Waals surface area contributed by atoms with Gasteiger partial charge in [-0.2, -0.15) is 0 Å². The van der Waals surface area contributed by atoms with E-state index in [1.807, 2.05) is 30.3 Å². The molecule has 3 rings (SSSR count). The molecule has 1 aromatic rings. The largest absolute Gasteiger partial charge is 0.393 e. The molecule has 1 aromatic carbocycles. The monoisotopic (exact) mass is 289 g/mol. The van der Waals surface area contributed by atoms with Crippen LogP contribution in [0, 0.1) is 5.92 Å². The van der Waals surface area contributed by atoms with E-state index < -0.39 is 0 Å². The Morgan fingerprint density at radius 2 is 1.90 bits per heavy atom. The molecule has 0 radical (unpaired) electrons. The van der Waals surface area contributed by atoms with Gasteiger partial charge in [-0.15, -0.1) is 0 Å². The van der Waals surface area contributed by atoms with Crippen molar-refractivity contribution < 1.29 is 14.6 Å². The molecule has 4 nitrogen and oxygen atoms in total. The van der Waals surface area contributed by atoms with Gasteiger partial charge in [-0.25, -0.2) is 0 Å². The van der Waals surface area contributed by atoms with Crippen LogP contribution in [0.15, 0.2) is 30.3 Å². The second-order valence-electron chi connectivity index (χ2n) is 6.19. The molecule has 2 atom stereocenters. The molecule has 2 saturated carbocycles. The number of aliphatic hydroxyl groups excluding tert-OH is 1. The lowest BCUT2D eigenvalue weighted by atomic mass is 9.87. The maximum Gasteiger partial charge on any atom is 0.223 e. The fourth-order valence-corrected chi connectivity index (χ4v) is 2.92. The van der Waals surface area contributed by atoms with E-state index in [9.17, 15) is 9.90 Å². The van der Waals surface area contributed by atoms with Crippen LogP contribution < -0.4 is 5.32 Å². The second kappa shape index (κ2) is 6.58. The SMILES string of the molecule is O=C(NC1CC1OCc1ccccc1)C1CCC(O)CC1. The number of amides is 1. The summed E-state index contributed by atoms with van der Waals surface area (Å²) in [6.45, 7) is 0.605. The summed E-state index contributed by atoms with van der Waals surface area (Å²) in [5, 5.41) is 12.6. The number of aliphatic hydroxyl groups is 1. The first-order valence-electron chi connectivity index (χ1n) is 7.86. The number of ether oxygens (including phenoxy) is 1. The van der Waals surface area contributed by atoms with E-state index in [1.165, 1.54) is 0 Å². The van der Waals surface area contributed by atoms with E-state index in [0.29, 0.717) is 6.61 Å². The summed E-state index contributed by atoms with van der Waals surface area (Å²) < 4.78 is 5.80. The van der Waals surface area contributed by atoms with Gasteiger partial charge in [-0.3, -0.25) is 4.79 Å². The molecule has 21 heavy (non-hydrogen) atoms. The van der Waals surface area contributed by atoms with Crippen molar-refractivity contribution in [2.75, 3.05) is 0 Å². The molecule has 0 spiro atoms. The molecule has 0 bridgehead atoms. The topological polar surface area (TPSA) is 58.6 Å². The molecule has 2 fully saturated rings. The minimum atomic E-state index is -0.211. The van der Waals surface area contributed by atoms with Crippen LogP contribution in [-0.4, -0.2) is 29.3 Å². The highest BCUT2D eigenvalue weighted by atomic mass is 16.5. The third kappa shape index (κ3) is 4.05. The number of benzene rings is 1. The van der Waals surface area contributed by atoms with Crippen LogP contribution >= 0.6 is 0 Å². The summed E-state index contributed by atoms with van der Waals surface area (Å²) in [6, 6.07) is 10.3. The number of carbonyl (C=O) groups is 1. The van der Waals surface area contributed by atoms with Crippen molar-refractivity contribution in [1.82, 2.24) is 5.32 Å². The molecular formula is C17H23NO3. The maximum absolute atomic E-state index is 12.1. The van der Waals surface area contributed by atoms with Gasteiger partial charge in [-0.1, -0.05) is 30.3 Å². The van der Waals surface area contributed by atoms with Gasteiger partial charge >= 0.3 is 0 Å². The molecule has 0 saturated heterocycles. The van der Waals surface area contributed by atoms with E-state index in [-0.39, 0.29) is 30.1 Å². The first kappa shape index (κ1) is 14.5. The van der Waals surface area contributed by atoms with Crippen LogP contribution in [0.3, 0.4) is 0 Å². The molecule has 1 amide bonds. The van der Waals surface area contributed by atoms with Gasteiger partial charge in [0.2, 0.25) is 5.91 Å². The lowest BCUT2D eigenvalue weighted by Crippen LogP contribution is -2.36. The summed E-state index contributed by atoms with van der Waals surface area (Å²) >= 11 is 0. The highest BCUT2D eigenvalue weighted by Gasteiger charge is 2.40. The average Bonchev–Trinajstić information content (AvgIpc) is 3.25. The van der Waals surface area contributed by atoms with Crippen molar-refractivity contribution in [3.05, 3.63) is 35.9 Å². The Kier molecular flexibility index (Phi) is 4.56. The highest BCUT2D eigenvalue weighted by molar-refractivity contribution is 5.79. The van der Waals surface area contributed by atoms with Gasteiger partial charge in [0.05, 0.1) is 24.9 Å². The molecule has 0 aromatic heterocycles. The Hall–Kier alpha value is -1.39. The third-order valence-electron chi connectivity index (χ3n) is 4.43. The van der Waals surface area contributed by atoms with Crippen molar-refractivity contribution in [2.45, 2.75) is 57.0 Å². The summed E-state index contributed by atoms with van der Waals surface area (Å²) in [6.07, 6.45) is 3.95. The second-order valence-corrected chi connectivity index (χ2v) is 6.19. The summed E-state index contributed by atoms with van der Waals surface area (Å²) in [5.74, 6) is 0.210. The van der Waals surface area contributed by atoms with E-state index in [4.69, 9.17) is 4.74 Å². The molecule has 2 aliphatic rings. The molecule has 2 unspecified atom stereocenters. The Bertz CT molecular complexity index is 468. The van der Waals surface area contributed by atoms with Crippen molar-refractivity contribution in [2.24, 2.45) is 5.92 Å². The third-order valence-corrected chi connectivity index (χ3v) is 4.43. The van der Waals surface area contributed by atoms with Gasteiger partial charge < -0.3 is 15.2 Å². The van der Waals surface area contributed by atoms with Crippen LogP contribution in [0.25, 0.3) is 0 Å². The Morgan fingerprint density at radius 3 is 2.62 bits per heavy atom.